The van der Waals surface area contributed by atoms with Gasteiger partial charge in [-0.1, -0.05) is 12.1 Å². The van der Waals surface area contributed by atoms with Crippen molar-refractivity contribution in [2.75, 3.05) is 6.61 Å². The van der Waals surface area contributed by atoms with Crippen molar-refractivity contribution in [2.45, 2.75) is 31.5 Å². The van der Waals surface area contributed by atoms with Gasteiger partial charge in [0.15, 0.2) is 5.72 Å². The Balaban J connectivity index is 1.96. The van der Waals surface area contributed by atoms with Gasteiger partial charge in [0, 0.05) is 17.9 Å². The molecule has 1 spiro atoms. The average molecular weight is 254 g/mol. The standard InChI is InChI=1S/C15H14N2O2/c1-9-8-19-15-11(6-14(18)17(9)15)5-12-10(7-16)3-2-4-13(12)15/h2-4,9,11H,5-6,8H2,1H3/t9-,11?,15?/m1/s1. The number of nitrogens with zero attached hydrogens (tertiary/aromatic N) is 2. The summed E-state index contributed by atoms with van der Waals surface area (Å²) in [6, 6.07) is 8.13. The average Bonchev–Trinajstić information content (AvgIpc) is 2.98. The fraction of sp³-hybridized carbons (Fsp3) is 0.467. The first kappa shape index (κ1) is 11.0. The van der Waals surface area contributed by atoms with Crippen LogP contribution in [0.2, 0.25) is 0 Å². The van der Waals surface area contributed by atoms with E-state index < -0.39 is 5.72 Å². The van der Waals surface area contributed by atoms with Crippen molar-refractivity contribution < 1.29 is 9.53 Å². The maximum atomic E-state index is 12.2. The second-order valence-electron chi connectivity index (χ2n) is 5.67. The Morgan fingerprint density at radius 3 is 3.11 bits per heavy atom. The third kappa shape index (κ3) is 1.10. The molecule has 1 aliphatic carbocycles. The van der Waals surface area contributed by atoms with E-state index in [2.05, 4.69) is 6.07 Å². The van der Waals surface area contributed by atoms with E-state index in [0.717, 1.165) is 23.1 Å². The number of hydrogen-bond acceptors (Lipinski definition) is 3. The van der Waals surface area contributed by atoms with E-state index in [1.165, 1.54) is 0 Å². The molecule has 1 aromatic rings. The van der Waals surface area contributed by atoms with Gasteiger partial charge in [-0.05, 0) is 25.0 Å². The maximum Gasteiger partial charge on any atom is 0.225 e. The zero-order valence-electron chi connectivity index (χ0n) is 10.7. The third-order valence-corrected chi connectivity index (χ3v) is 4.72. The Kier molecular flexibility index (Phi) is 1.95. The van der Waals surface area contributed by atoms with Crippen LogP contribution >= 0.6 is 0 Å². The zero-order valence-corrected chi connectivity index (χ0v) is 10.7. The lowest BCUT2D eigenvalue weighted by atomic mass is 9.97. The number of fused-ring (bicyclic) bond motifs is 1. The first-order chi connectivity index (χ1) is 9.18. The number of carbonyl (C=O) groups excluding carboxylic acids is 1. The molecule has 2 aliphatic heterocycles. The second kappa shape index (κ2) is 3.37. The number of rotatable bonds is 0. The quantitative estimate of drug-likeness (QED) is 0.705. The van der Waals surface area contributed by atoms with Crippen molar-refractivity contribution in [1.29, 1.82) is 5.26 Å². The highest BCUT2D eigenvalue weighted by molar-refractivity contribution is 5.82. The van der Waals surface area contributed by atoms with Gasteiger partial charge >= 0.3 is 0 Å². The lowest BCUT2D eigenvalue weighted by molar-refractivity contribution is -0.141. The zero-order chi connectivity index (χ0) is 13.2. The smallest absolute Gasteiger partial charge is 0.225 e. The van der Waals surface area contributed by atoms with Gasteiger partial charge in [-0.15, -0.1) is 0 Å². The number of ether oxygens (including phenoxy) is 1. The molecule has 0 N–H and O–H groups in total. The van der Waals surface area contributed by atoms with E-state index in [1.54, 1.807) is 0 Å². The Morgan fingerprint density at radius 1 is 1.47 bits per heavy atom. The van der Waals surface area contributed by atoms with Gasteiger partial charge < -0.3 is 9.64 Å². The molecule has 0 radical (unpaired) electrons. The van der Waals surface area contributed by atoms with Crippen molar-refractivity contribution in [1.82, 2.24) is 4.90 Å². The molecule has 2 fully saturated rings. The number of amides is 1. The molecule has 1 aromatic carbocycles. The van der Waals surface area contributed by atoms with Crippen LogP contribution in [0, 0.1) is 17.2 Å². The van der Waals surface area contributed by atoms with Crippen LogP contribution in [-0.4, -0.2) is 23.5 Å². The van der Waals surface area contributed by atoms with Crippen LogP contribution in [0.5, 0.6) is 0 Å². The minimum absolute atomic E-state index is 0.120. The van der Waals surface area contributed by atoms with Crippen molar-refractivity contribution in [3.05, 3.63) is 34.9 Å². The normalized spacial score (nSPS) is 34.9. The molecule has 2 heterocycles. The summed E-state index contributed by atoms with van der Waals surface area (Å²) in [6.45, 7) is 2.61. The molecule has 19 heavy (non-hydrogen) atoms. The Labute approximate surface area is 111 Å². The van der Waals surface area contributed by atoms with Gasteiger partial charge in [0.2, 0.25) is 5.91 Å². The summed E-state index contributed by atoms with van der Waals surface area (Å²) in [4.78, 5) is 14.1. The summed E-state index contributed by atoms with van der Waals surface area (Å²) in [5.41, 5.74) is 2.24. The predicted molar refractivity (Wildman–Crippen MR) is 66.9 cm³/mol. The number of carbonyl (C=O) groups is 1. The highest BCUT2D eigenvalue weighted by Gasteiger charge is 2.63. The van der Waals surface area contributed by atoms with Crippen molar-refractivity contribution in [2.24, 2.45) is 5.92 Å². The lowest BCUT2D eigenvalue weighted by Gasteiger charge is -2.33. The van der Waals surface area contributed by atoms with Gasteiger partial charge in [-0.3, -0.25) is 4.79 Å². The summed E-state index contributed by atoms with van der Waals surface area (Å²) in [5.74, 6) is 0.345. The second-order valence-corrected chi connectivity index (χ2v) is 5.67. The van der Waals surface area contributed by atoms with E-state index >= 15 is 0 Å². The van der Waals surface area contributed by atoms with E-state index in [4.69, 9.17) is 4.74 Å². The molecule has 1 amide bonds. The molecule has 2 unspecified atom stereocenters. The highest BCUT2D eigenvalue weighted by atomic mass is 16.5. The lowest BCUT2D eigenvalue weighted by Crippen LogP contribution is -2.43. The Morgan fingerprint density at radius 2 is 2.32 bits per heavy atom. The SMILES string of the molecule is C[C@@H]1COC23c4cccc(C#N)c4CC2CC(=O)N13. The molecule has 0 bridgehead atoms. The number of hydrogen-bond donors (Lipinski definition) is 0. The largest absolute Gasteiger partial charge is 0.349 e. The van der Waals surface area contributed by atoms with Crippen LogP contribution in [0.15, 0.2) is 18.2 Å². The molecule has 4 rings (SSSR count). The van der Waals surface area contributed by atoms with Crippen molar-refractivity contribution in [3.63, 3.8) is 0 Å². The van der Waals surface area contributed by atoms with Crippen LogP contribution < -0.4 is 0 Å². The van der Waals surface area contributed by atoms with Gasteiger partial charge in [-0.25, -0.2) is 0 Å². The molecule has 0 saturated carbocycles. The van der Waals surface area contributed by atoms with E-state index in [1.807, 2.05) is 30.0 Å². The Bertz CT molecular complexity index is 634. The molecule has 2 saturated heterocycles. The van der Waals surface area contributed by atoms with Gasteiger partial charge in [0.25, 0.3) is 0 Å². The minimum Gasteiger partial charge on any atom is -0.349 e. The number of benzene rings is 1. The molecule has 4 heteroatoms. The molecular weight excluding hydrogens is 240 g/mol. The summed E-state index contributed by atoms with van der Waals surface area (Å²) in [6.07, 6.45) is 1.30. The number of nitriles is 1. The molecule has 3 atom stereocenters. The van der Waals surface area contributed by atoms with Crippen LogP contribution in [0.4, 0.5) is 0 Å². The van der Waals surface area contributed by atoms with Crippen LogP contribution in [0.25, 0.3) is 0 Å². The molecule has 96 valence electrons. The molecule has 3 aliphatic rings. The van der Waals surface area contributed by atoms with Gasteiger partial charge in [0.05, 0.1) is 24.3 Å². The summed E-state index contributed by atoms with van der Waals surface area (Å²) in [5, 5.41) is 9.24. The fourth-order valence-corrected chi connectivity index (χ4v) is 4.04. The molecule has 0 aromatic heterocycles. The van der Waals surface area contributed by atoms with Crippen LogP contribution in [-0.2, 0) is 21.7 Å². The monoisotopic (exact) mass is 254 g/mol. The highest BCUT2D eigenvalue weighted by Crippen LogP contribution is 2.56. The van der Waals surface area contributed by atoms with E-state index in [-0.39, 0.29) is 17.9 Å². The van der Waals surface area contributed by atoms with Gasteiger partial charge in [0.1, 0.15) is 0 Å². The van der Waals surface area contributed by atoms with E-state index in [0.29, 0.717) is 13.0 Å². The topological polar surface area (TPSA) is 53.3 Å². The van der Waals surface area contributed by atoms with E-state index in [9.17, 15) is 10.1 Å². The van der Waals surface area contributed by atoms with Gasteiger partial charge in [-0.2, -0.15) is 5.26 Å². The maximum absolute atomic E-state index is 12.2. The minimum atomic E-state index is -0.585. The van der Waals surface area contributed by atoms with Crippen molar-refractivity contribution >= 4 is 5.91 Å². The summed E-state index contributed by atoms with van der Waals surface area (Å²) >= 11 is 0. The summed E-state index contributed by atoms with van der Waals surface area (Å²) in [7, 11) is 0. The first-order valence-corrected chi connectivity index (χ1v) is 6.67. The van der Waals surface area contributed by atoms with Crippen LogP contribution in [0.3, 0.4) is 0 Å². The van der Waals surface area contributed by atoms with Crippen LogP contribution in [0.1, 0.15) is 30.0 Å². The Hall–Kier alpha value is -1.86. The summed E-state index contributed by atoms with van der Waals surface area (Å²) < 4.78 is 6.09. The molecular formula is C15H14N2O2. The predicted octanol–water partition coefficient (Wildman–Crippen LogP) is 1.53. The fourth-order valence-electron chi connectivity index (χ4n) is 4.04. The van der Waals surface area contributed by atoms with Crippen molar-refractivity contribution in [3.8, 4) is 6.07 Å². The third-order valence-electron chi connectivity index (χ3n) is 4.72. The molecule has 4 nitrogen and oxygen atoms in total. The first-order valence-electron chi connectivity index (χ1n) is 6.67.